The highest BCUT2D eigenvalue weighted by atomic mass is 16.4. The molecular formula is C21H36N6O6. The molecule has 0 heterocycles. The number of carboxylic acids is 1. The Hall–Kier alpha value is -3.14. The third-order valence-corrected chi connectivity index (χ3v) is 5.03. The van der Waals surface area contributed by atoms with Gasteiger partial charge in [-0.05, 0) is 37.1 Å². The summed E-state index contributed by atoms with van der Waals surface area (Å²) in [6.45, 7) is 3.98. The van der Waals surface area contributed by atoms with Gasteiger partial charge >= 0.3 is 5.97 Å². The predicted molar refractivity (Wildman–Crippen MR) is 121 cm³/mol. The van der Waals surface area contributed by atoms with E-state index in [-0.39, 0.29) is 63.3 Å². The molecular weight excluding hydrogens is 432 g/mol. The number of rotatable bonds is 19. The monoisotopic (exact) mass is 468 g/mol. The maximum Gasteiger partial charge on any atom is 0.303 e. The van der Waals surface area contributed by atoms with Gasteiger partial charge in [-0.25, -0.2) is 0 Å². The fraction of sp³-hybridized carbons (Fsp3) is 0.762. The van der Waals surface area contributed by atoms with Crippen LogP contribution >= 0.6 is 0 Å². The second kappa shape index (κ2) is 17.4. The van der Waals surface area contributed by atoms with E-state index in [1.165, 1.54) is 0 Å². The Kier molecular flexibility index (Phi) is 15.8. The number of nitrogens with two attached hydrogens (primary N) is 1. The van der Waals surface area contributed by atoms with Crippen LogP contribution in [0.1, 0.15) is 71.6 Å². The molecule has 0 radical (unpaired) electrons. The molecule has 186 valence electrons. The average molecular weight is 469 g/mol. The third-order valence-electron chi connectivity index (χ3n) is 5.03. The molecule has 0 bridgehead atoms. The summed E-state index contributed by atoms with van der Waals surface area (Å²) in [7, 11) is 0. The van der Waals surface area contributed by atoms with Crippen molar-refractivity contribution in [3.8, 4) is 0 Å². The molecule has 0 aliphatic heterocycles. The SMILES string of the molecule is CC(C)C(CC(=O)CCCN=[N+]=[N-])C(=O)NC(CCCCC(N)=O)C(=O)NCCCC(=O)O. The molecule has 33 heavy (non-hydrogen) atoms. The van der Waals surface area contributed by atoms with Gasteiger partial charge in [0, 0.05) is 49.6 Å². The predicted octanol–water partition coefficient (Wildman–Crippen LogP) is 1.82. The highest BCUT2D eigenvalue weighted by molar-refractivity contribution is 5.91. The quantitative estimate of drug-likeness (QED) is 0.0961. The molecule has 12 nitrogen and oxygen atoms in total. The van der Waals surface area contributed by atoms with Crippen molar-refractivity contribution in [1.82, 2.24) is 10.6 Å². The van der Waals surface area contributed by atoms with Crippen LogP contribution in [0.4, 0.5) is 0 Å². The van der Waals surface area contributed by atoms with Gasteiger partial charge in [0.2, 0.25) is 17.7 Å². The van der Waals surface area contributed by atoms with Crippen LogP contribution in [0.3, 0.4) is 0 Å². The zero-order valence-electron chi connectivity index (χ0n) is 19.4. The van der Waals surface area contributed by atoms with Crippen molar-refractivity contribution in [2.45, 2.75) is 77.7 Å². The topological polar surface area (TPSA) is 204 Å². The first-order valence-electron chi connectivity index (χ1n) is 11.2. The van der Waals surface area contributed by atoms with Crippen LogP contribution in [0, 0.1) is 11.8 Å². The lowest BCUT2D eigenvalue weighted by Gasteiger charge is -2.24. The number of carboxylic acid groups (broad SMARTS) is 1. The van der Waals surface area contributed by atoms with Crippen LogP contribution in [0.25, 0.3) is 10.4 Å². The molecule has 2 unspecified atom stereocenters. The number of aliphatic carboxylic acids is 1. The summed E-state index contributed by atoms with van der Waals surface area (Å²) in [6.07, 6.45) is 2.14. The van der Waals surface area contributed by atoms with Crippen LogP contribution < -0.4 is 16.4 Å². The van der Waals surface area contributed by atoms with Gasteiger partial charge in [-0.2, -0.15) is 0 Å². The van der Waals surface area contributed by atoms with Gasteiger partial charge in [0.1, 0.15) is 11.8 Å². The molecule has 2 atom stereocenters. The van der Waals surface area contributed by atoms with Crippen LogP contribution in [0.5, 0.6) is 0 Å². The van der Waals surface area contributed by atoms with Crippen molar-refractivity contribution >= 4 is 29.5 Å². The number of hydrogen-bond donors (Lipinski definition) is 4. The summed E-state index contributed by atoms with van der Waals surface area (Å²) in [6, 6.07) is -0.878. The molecule has 0 aromatic rings. The highest BCUT2D eigenvalue weighted by Crippen LogP contribution is 2.18. The van der Waals surface area contributed by atoms with Gasteiger partial charge in [-0.3, -0.25) is 24.0 Å². The summed E-state index contributed by atoms with van der Waals surface area (Å²) < 4.78 is 0. The van der Waals surface area contributed by atoms with Crippen LogP contribution in [0.2, 0.25) is 0 Å². The number of ketones is 1. The van der Waals surface area contributed by atoms with Crippen molar-refractivity contribution in [1.29, 1.82) is 0 Å². The number of amides is 3. The van der Waals surface area contributed by atoms with Crippen molar-refractivity contribution in [3.05, 3.63) is 10.4 Å². The normalized spacial score (nSPS) is 12.3. The first-order valence-corrected chi connectivity index (χ1v) is 11.2. The van der Waals surface area contributed by atoms with E-state index in [9.17, 15) is 24.0 Å². The van der Waals surface area contributed by atoms with E-state index in [2.05, 4.69) is 20.7 Å². The number of unbranched alkanes of at least 4 members (excludes halogenated alkanes) is 1. The lowest BCUT2D eigenvalue weighted by Crippen LogP contribution is -2.49. The fourth-order valence-corrected chi connectivity index (χ4v) is 3.14. The summed E-state index contributed by atoms with van der Waals surface area (Å²) in [5.74, 6) is -3.21. The Bertz CT molecular complexity index is 720. The van der Waals surface area contributed by atoms with E-state index in [1.807, 2.05) is 13.8 Å². The molecule has 0 saturated carbocycles. The Morgan fingerprint density at radius 2 is 1.70 bits per heavy atom. The highest BCUT2D eigenvalue weighted by Gasteiger charge is 2.29. The van der Waals surface area contributed by atoms with Gasteiger partial charge in [-0.1, -0.05) is 25.4 Å². The molecule has 12 heteroatoms. The summed E-state index contributed by atoms with van der Waals surface area (Å²) in [4.78, 5) is 62.0. The molecule has 0 fully saturated rings. The molecule has 0 aromatic carbocycles. The number of nitrogens with zero attached hydrogens (tertiary/aromatic N) is 3. The summed E-state index contributed by atoms with van der Waals surface area (Å²) >= 11 is 0. The molecule has 0 rings (SSSR count). The zero-order chi connectivity index (χ0) is 25.2. The minimum Gasteiger partial charge on any atom is -0.481 e. The fourth-order valence-electron chi connectivity index (χ4n) is 3.14. The van der Waals surface area contributed by atoms with E-state index < -0.39 is 35.7 Å². The number of hydrogen-bond acceptors (Lipinski definition) is 6. The summed E-state index contributed by atoms with van der Waals surface area (Å²) in [5.41, 5.74) is 13.4. The number of Topliss-reactive ketones (excluding diaryl/α,β-unsaturated/α-hetero) is 1. The Morgan fingerprint density at radius 3 is 2.27 bits per heavy atom. The molecule has 0 saturated heterocycles. The van der Waals surface area contributed by atoms with Crippen LogP contribution in [-0.4, -0.2) is 53.7 Å². The summed E-state index contributed by atoms with van der Waals surface area (Å²) in [5, 5.41) is 17.4. The molecule has 5 N–H and O–H groups in total. The largest absolute Gasteiger partial charge is 0.481 e. The van der Waals surface area contributed by atoms with Crippen molar-refractivity contribution < 1.29 is 29.1 Å². The van der Waals surface area contributed by atoms with Crippen molar-refractivity contribution in [2.24, 2.45) is 22.7 Å². The van der Waals surface area contributed by atoms with E-state index in [0.717, 1.165) is 0 Å². The molecule has 0 aromatic heterocycles. The van der Waals surface area contributed by atoms with Gasteiger partial charge in [0.15, 0.2) is 0 Å². The van der Waals surface area contributed by atoms with Gasteiger partial charge in [0.25, 0.3) is 0 Å². The van der Waals surface area contributed by atoms with Crippen LogP contribution in [0.15, 0.2) is 5.11 Å². The zero-order valence-corrected chi connectivity index (χ0v) is 19.4. The molecule has 0 aliphatic carbocycles. The Balaban J connectivity index is 5.03. The maximum atomic E-state index is 12.9. The van der Waals surface area contributed by atoms with Gasteiger partial charge in [0.05, 0.1) is 0 Å². The van der Waals surface area contributed by atoms with Gasteiger partial charge in [-0.15, -0.1) is 0 Å². The number of carbonyl (C=O) groups excluding carboxylic acids is 4. The van der Waals surface area contributed by atoms with E-state index in [0.29, 0.717) is 19.3 Å². The standard InChI is InChI=1S/C21H36N6O6/c1-14(2)16(13-15(28)7-5-12-25-27-23)20(32)26-17(8-3-4-9-18(22)29)21(33)24-11-6-10-19(30)31/h14,16-17H,3-13H2,1-2H3,(H2,22,29)(H,24,33)(H,26,32)(H,30,31). The number of nitrogens with one attached hydrogen (secondary N) is 2. The third kappa shape index (κ3) is 15.3. The van der Waals surface area contributed by atoms with Crippen molar-refractivity contribution in [2.75, 3.05) is 13.1 Å². The minimum absolute atomic E-state index is 0.00833. The van der Waals surface area contributed by atoms with Crippen molar-refractivity contribution in [3.63, 3.8) is 0 Å². The second-order valence-corrected chi connectivity index (χ2v) is 8.21. The molecule has 0 aliphatic rings. The van der Waals surface area contributed by atoms with E-state index in [4.69, 9.17) is 16.4 Å². The number of primary amides is 1. The lowest BCUT2D eigenvalue weighted by molar-refractivity contribution is -0.137. The number of carbonyl (C=O) groups is 5. The van der Waals surface area contributed by atoms with Crippen LogP contribution in [-0.2, 0) is 24.0 Å². The van der Waals surface area contributed by atoms with E-state index in [1.54, 1.807) is 0 Å². The molecule has 3 amide bonds. The second-order valence-electron chi connectivity index (χ2n) is 8.21. The smallest absolute Gasteiger partial charge is 0.303 e. The van der Waals surface area contributed by atoms with E-state index >= 15 is 0 Å². The minimum atomic E-state index is -0.968. The Morgan fingerprint density at radius 1 is 1.00 bits per heavy atom. The number of azide groups is 1. The maximum absolute atomic E-state index is 12.9. The Labute approximate surface area is 193 Å². The van der Waals surface area contributed by atoms with Gasteiger partial charge < -0.3 is 21.5 Å². The average Bonchev–Trinajstić information content (AvgIpc) is 2.73. The molecule has 0 spiro atoms. The first kappa shape index (κ1) is 29.9. The lowest BCUT2D eigenvalue weighted by atomic mass is 9.88. The first-order chi connectivity index (χ1) is 15.6.